The van der Waals surface area contributed by atoms with E-state index in [-0.39, 0.29) is 23.0 Å². The van der Waals surface area contributed by atoms with Gasteiger partial charge in [0.05, 0.1) is 9.40 Å². The van der Waals surface area contributed by atoms with Crippen molar-refractivity contribution in [1.82, 2.24) is 5.32 Å². The largest absolute Gasteiger partial charge is 0.352 e. The van der Waals surface area contributed by atoms with Crippen molar-refractivity contribution < 1.29 is 14.1 Å². The molecular formula is C16H14BrFN2O3S. The molecule has 2 rings (SSSR count). The predicted octanol–water partition coefficient (Wildman–Crippen LogP) is 4.41. The van der Waals surface area contributed by atoms with Crippen LogP contribution in [0.1, 0.15) is 16.8 Å². The summed E-state index contributed by atoms with van der Waals surface area (Å²) in [5.41, 5.74) is 0.102. The van der Waals surface area contributed by atoms with Crippen LogP contribution in [0.3, 0.4) is 0 Å². The third-order valence-corrected chi connectivity index (χ3v) is 4.86. The minimum absolute atomic E-state index is 0.144. The molecule has 126 valence electrons. The van der Waals surface area contributed by atoms with Gasteiger partial charge in [-0.2, -0.15) is 0 Å². The fourth-order valence-corrected chi connectivity index (χ4v) is 3.14. The van der Waals surface area contributed by atoms with Gasteiger partial charge in [-0.05, 0) is 64.5 Å². The summed E-state index contributed by atoms with van der Waals surface area (Å²) in [6, 6.07) is 10.5. The van der Waals surface area contributed by atoms with Crippen molar-refractivity contribution in [3.63, 3.8) is 0 Å². The second-order valence-electron chi connectivity index (χ2n) is 4.84. The zero-order valence-corrected chi connectivity index (χ0v) is 14.9. The summed E-state index contributed by atoms with van der Waals surface area (Å²) in [5, 5.41) is 13.6. The molecule has 8 heteroatoms. The normalized spacial score (nSPS) is 10.4. The number of hydrogen-bond acceptors (Lipinski definition) is 4. The van der Waals surface area contributed by atoms with Crippen LogP contribution in [0.15, 0.2) is 51.8 Å². The molecule has 0 aromatic heterocycles. The summed E-state index contributed by atoms with van der Waals surface area (Å²) in [7, 11) is 0. The van der Waals surface area contributed by atoms with Crippen molar-refractivity contribution in [2.45, 2.75) is 11.3 Å². The summed E-state index contributed by atoms with van der Waals surface area (Å²) in [6.45, 7) is 0.455. The average molecular weight is 413 g/mol. The van der Waals surface area contributed by atoms with Crippen LogP contribution >= 0.6 is 27.7 Å². The molecule has 5 nitrogen and oxygen atoms in total. The molecule has 0 aliphatic rings. The Balaban J connectivity index is 1.78. The number of rotatable bonds is 7. The third kappa shape index (κ3) is 5.31. The van der Waals surface area contributed by atoms with E-state index in [1.54, 1.807) is 23.9 Å². The molecule has 2 aromatic rings. The lowest BCUT2D eigenvalue weighted by atomic mass is 10.2. The number of carbonyl (C=O) groups excluding carboxylic acids is 1. The molecule has 0 unspecified atom stereocenters. The van der Waals surface area contributed by atoms with Gasteiger partial charge in [0, 0.05) is 23.1 Å². The van der Waals surface area contributed by atoms with Crippen LogP contribution in [-0.4, -0.2) is 23.1 Å². The summed E-state index contributed by atoms with van der Waals surface area (Å²) in [4.78, 5) is 23.3. The first-order valence-corrected chi connectivity index (χ1v) is 8.86. The first kappa shape index (κ1) is 18.4. The first-order valence-electron chi connectivity index (χ1n) is 7.08. The lowest BCUT2D eigenvalue weighted by Gasteiger charge is -2.06. The van der Waals surface area contributed by atoms with E-state index in [2.05, 4.69) is 21.2 Å². The van der Waals surface area contributed by atoms with Gasteiger partial charge in [-0.3, -0.25) is 14.9 Å². The highest BCUT2D eigenvalue weighted by Gasteiger charge is 2.15. The monoisotopic (exact) mass is 412 g/mol. The number of nitrogens with one attached hydrogen (secondary N) is 1. The second-order valence-corrected chi connectivity index (χ2v) is 6.86. The molecule has 1 amide bonds. The summed E-state index contributed by atoms with van der Waals surface area (Å²) in [5.74, 6) is 0.152. The minimum atomic E-state index is -0.541. The highest BCUT2D eigenvalue weighted by Crippen LogP contribution is 2.25. The van der Waals surface area contributed by atoms with Crippen LogP contribution in [0.5, 0.6) is 0 Å². The quantitative estimate of drug-likeness (QED) is 0.316. The number of amides is 1. The first-order chi connectivity index (χ1) is 11.5. The van der Waals surface area contributed by atoms with Crippen LogP contribution in [0.4, 0.5) is 10.1 Å². The van der Waals surface area contributed by atoms with E-state index in [4.69, 9.17) is 0 Å². The van der Waals surface area contributed by atoms with E-state index in [9.17, 15) is 19.3 Å². The van der Waals surface area contributed by atoms with E-state index in [0.717, 1.165) is 17.1 Å². The van der Waals surface area contributed by atoms with E-state index >= 15 is 0 Å². The maximum atomic E-state index is 12.8. The number of halogens is 2. The molecule has 0 heterocycles. The SMILES string of the molecule is O=C(NCCCSc1ccc(F)cc1)c1ccc(Br)c([N+](=O)[O-])c1. The number of carbonyl (C=O) groups is 1. The smallest absolute Gasteiger partial charge is 0.284 e. The van der Waals surface area contributed by atoms with Gasteiger partial charge in [-0.1, -0.05) is 0 Å². The third-order valence-electron chi connectivity index (χ3n) is 3.09. The molecule has 0 bridgehead atoms. The number of thioether (sulfide) groups is 1. The van der Waals surface area contributed by atoms with Gasteiger partial charge in [-0.25, -0.2) is 4.39 Å². The van der Waals surface area contributed by atoms with Crippen LogP contribution in [0.25, 0.3) is 0 Å². The van der Waals surface area contributed by atoms with Gasteiger partial charge >= 0.3 is 0 Å². The van der Waals surface area contributed by atoms with Gasteiger partial charge in [0.25, 0.3) is 11.6 Å². The maximum absolute atomic E-state index is 12.8. The van der Waals surface area contributed by atoms with Gasteiger partial charge < -0.3 is 5.32 Å². The lowest BCUT2D eigenvalue weighted by molar-refractivity contribution is -0.385. The Hall–Kier alpha value is -1.93. The van der Waals surface area contributed by atoms with E-state index in [1.165, 1.54) is 30.3 Å². The highest BCUT2D eigenvalue weighted by molar-refractivity contribution is 9.10. The predicted molar refractivity (Wildman–Crippen MR) is 94.9 cm³/mol. The molecular weight excluding hydrogens is 399 g/mol. The Morgan fingerprint density at radius 2 is 1.96 bits per heavy atom. The number of nitro groups is 1. The molecule has 1 N–H and O–H groups in total. The Labute approximate surface area is 150 Å². The Bertz CT molecular complexity index is 741. The van der Waals surface area contributed by atoms with Crippen molar-refractivity contribution in [3.8, 4) is 0 Å². The van der Waals surface area contributed by atoms with E-state index in [0.29, 0.717) is 11.0 Å². The Morgan fingerprint density at radius 3 is 2.62 bits per heavy atom. The van der Waals surface area contributed by atoms with Crippen molar-refractivity contribution in [2.75, 3.05) is 12.3 Å². The van der Waals surface area contributed by atoms with Gasteiger partial charge in [-0.15, -0.1) is 11.8 Å². The van der Waals surface area contributed by atoms with E-state index < -0.39 is 4.92 Å². The number of hydrogen-bond donors (Lipinski definition) is 1. The summed E-state index contributed by atoms with van der Waals surface area (Å²) in [6.07, 6.45) is 0.729. The molecule has 0 aliphatic carbocycles. The minimum Gasteiger partial charge on any atom is -0.352 e. The standard InChI is InChI=1S/C16H14BrFN2O3S/c17-14-7-2-11(10-15(14)20(22)23)16(21)19-8-1-9-24-13-5-3-12(18)4-6-13/h2-7,10H,1,8-9H2,(H,19,21). The number of benzene rings is 2. The highest BCUT2D eigenvalue weighted by atomic mass is 79.9. The van der Waals surface area contributed by atoms with Crippen LogP contribution in [-0.2, 0) is 0 Å². The molecule has 0 saturated carbocycles. The zero-order valence-electron chi connectivity index (χ0n) is 12.5. The van der Waals surface area contributed by atoms with Crippen LogP contribution < -0.4 is 5.32 Å². The molecule has 0 aliphatic heterocycles. The van der Waals surface area contributed by atoms with Crippen molar-refractivity contribution >= 4 is 39.3 Å². The molecule has 0 spiro atoms. The Morgan fingerprint density at radius 1 is 1.25 bits per heavy atom. The molecule has 0 saturated heterocycles. The molecule has 0 atom stereocenters. The molecule has 0 fully saturated rings. The molecule has 2 aromatic carbocycles. The van der Waals surface area contributed by atoms with Crippen molar-refractivity contribution in [3.05, 3.63) is 68.4 Å². The fraction of sp³-hybridized carbons (Fsp3) is 0.188. The van der Waals surface area contributed by atoms with Gasteiger partial charge in [0.2, 0.25) is 0 Å². The fourth-order valence-electron chi connectivity index (χ4n) is 1.89. The van der Waals surface area contributed by atoms with Gasteiger partial charge in [0.1, 0.15) is 5.82 Å². The second kappa shape index (κ2) is 8.79. The Kier molecular flexibility index (Phi) is 6.74. The van der Waals surface area contributed by atoms with Gasteiger partial charge in [0.15, 0.2) is 0 Å². The molecule has 0 radical (unpaired) electrons. The topological polar surface area (TPSA) is 72.2 Å². The lowest BCUT2D eigenvalue weighted by Crippen LogP contribution is -2.24. The summed E-state index contributed by atoms with van der Waals surface area (Å²) < 4.78 is 13.1. The number of nitro benzene ring substituents is 1. The van der Waals surface area contributed by atoms with E-state index in [1.807, 2.05) is 0 Å². The van der Waals surface area contributed by atoms with Crippen molar-refractivity contribution in [2.24, 2.45) is 0 Å². The maximum Gasteiger partial charge on any atom is 0.284 e. The van der Waals surface area contributed by atoms with Crippen LogP contribution in [0, 0.1) is 15.9 Å². The number of nitrogens with zero attached hydrogens (tertiary/aromatic N) is 1. The summed E-state index contributed by atoms with van der Waals surface area (Å²) >= 11 is 4.65. The van der Waals surface area contributed by atoms with Crippen molar-refractivity contribution in [1.29, 1.82) is 0 Å². The average Bonchev–Trinajstić information content (AvgIpc) is 2.56. The molecule has 24 heavy (non-hydrogen) atoms. The zero-order chi connectivity index (χ0) is 17.5. The van der Waals surface area contributed by atoms with Crippen LogP contribution in [0.2, 0.25) is 0 Å².